The minimum Gasteiger partial charge on any atom is -0.355 e. The first-order valence-corrected chi connectivity index (χ1v) is 8.03. The van der Waals surface area contributed by atoms with Crippen molar-refractivity contribution in [2.45, 2.75) is 19.8 Å². The fourth-order valence-corrected chi connectivity index (χ4v) is 3.16. The highest BCUT2D eigenvalue weighted by Crippen LogP contribution is 2.26. The lowest BCUT2D eigenvalue weighted by Crippen LogP contribution is -2.31. The molecule has 0 unspecified atom stereocenters. The van der Waals surface area contributed by atoms with Crippen molar-refractivity contribution in [3.8, 4) is 0 Å². The molecule has 2 aromatic rings. The molecule has 0 atom stereocenters. The number of benzene rings is 1. The minimum atomic E-state index is 0.720. The lowest BCUT2D eigenvalue weighted by molar-refractivity contribution is 0.294. The van der Waals surface area contributed by atoms with E-state index in [1.54, 1.807) is 6.33 Å². The Morgan fingerprint density at radius 1 is 1.14 bits per heavy atom. The fourth-order valence-electron chi connectivity index (χ4n) is 2.99. The van der Waals surface area contributed by atoms with Gasteiger partial charge in [-0.05, 0) is 44.1 Å². The van der Waals surface area contributed by atoms with Crippen LogP contribution in [-0.4, -0.2) is 47.6 Å². The number of halogens is 1. The summed E-state index contributed by atoms with van der Waals surface area (Å²) in [6.07, 6.45) is 4.04. The number of fused-ring (bicyclic) bond motifs is 1. The van der Waals surface area contributed by atoms with Crippen LogP contribution >= 0.6 is 11.6 Å². The number of nitrogens with zero attached hydrogens (tertiary/aromatic N) is 4. The molecule has 0 N–H and O–H groups in total. The molecule has 1 aliphatic heterocycles. The van der Waals surface area contributed by atoms with Gasteiger partial charge >= 0.3 is 0 Å². The highest BCUT2D eigenvalue weighted by Gasteiger charge is 2.17. The van der Waals surface area contributed by atoms with E-state index in [-0.39, 0.29) is 0 Å². The molecule has 1 fully saturated rings. The van der Waals surface area contributed by atoms with Crippen molar-refractivity contribution in [3.63, 3.8) is 0 Å². The minimum absolute atomic E-state index is 0.720. The van der Waals surface area contributed by atoms with Crippen molar-refractivity contribution in [2.75, 3.05) is 37.6 Å². The zero-order valence-electron chi connectivity index (χ0n) is 12.4. The number of aromatic nitrogens is 2. The van der Waals surface area contributed by atoms with Crippen molar-refractivity contribution in [1.82, 2.24) is 14.9 Å². The van der Waals surface area contributed by atoms with Gasteiger partial charge in [0.25, 0.3) is 0 Å². The standard InChI is InChI=1S/C16H21ClN4/c1-2-6-20-7-3-8-21(10-9-20)16-14-5-4-13(17)11-15(14)18-12-19-16/h4-5,11-12H,2-3,6-10H2,1H3. The summed E-state index contributed by atoms with van der Waals surface area (Å²) in [5, 5.41) is 1.81. The maximum absolute atomic E-state index is 6.06. The molecule has 0 spiro atoms. The Balaban J connectivity index is 1.86. The predicted octanol–water partition coefficient (Wildman–Crippen LogP) is 3.21. The smallest absolute Gasteiger partial charge is 0.139 e. The highest BCUT2D eigenvalue weighted by molar-refractivity contribution is 6.31. The third-order valence-corrected chi connectivity index (χ3v) is 4.24. The van der Waals surface area contributed by atoms with Crippen LogP contribution in [0.15, 0.2) is 24.5 Å². The van der Waals surface area contributed by atoms with Crippen molar-refractivity contribution < 1.29 is 0 Å². The molecule has 0 saturated carbocycles. The van der Waals surface area contributed by atoms with Gasteiger partial charge in [0.1, 0.15) is 12.1 Å². The van der Waals surface area contributed by atoms with Gasteiger partial charge in [-0.2, -0.15) is 0 Å². The Kier molecular flexibility index (Phi) is 4.56. The number of anilines is 1. The lowest BCUT2D eigenvalue weighted by atomic mass is 10.2. The third-order valence-electron chi connectivity index (χ3n) is 4.01. The van der Waals surface area contributed by atoms with Crippen LogP contribution in [0.5, 0.6) is 0 Å². The molecule has 1 aliphatic rings. The quantitative estimate of drug-likeness (QED) is 0.871. The van der Waals surface area contributed by atoms with Gasteiger partial charge in [0, 0.05) is 30.0 Å². The van der Waals surface area contributed by atoms with Crippen LogP contribution in [0.25, 0.3) is 10.9 Å². The molecule has 5 heteroatoms. The van der Waals surface area contributed by atoms with Crippen molar-refractivity contribution >= 4 is 28.3 Å². The van der Waals surface area contributed by atoms with Crippen molar-refractivity contribution in [1.29, 1.82) is 0 Å². The lowest BCUT2D eigenvalue weighted by Gasteiger charge is -2.23. The second kappa shape index (κ2) is 6.58. The first-order chi connectivity index (χ1) is 10.3. The van der Waals surface area contributed by atoms with Crippen LogP contribution < -0.4 is 4.90 Å². The molecule has 0 amide bonds. The maximum Gasteiger partial charge on any atom is 0.139 e. The summed E-state index contributed by atoms with van der Waals surface area (Å²) in [7, 11) is 0. The van der Waals surface area contributed by atoms with Gasteiger partial charge in [-0.25, -0.2) is 9.97 Å². The molecule has 112 valence electrons. The Labute approximate surface area is 130 Å². The van der Waals surface area contributed by atoms with E-state index in [1.165, 1.54) is 25.9 Å². The van der Waals surface area contributed by atoms with E-state index in [9.17, 15) is 0 Å². The summed E-state index contributed by atoms with van der Waals surface area (Å²) >= 11 is 6.06. The first kappa shape index (κ1) is 14.5. The number of rotatable bonds is 3. The second-order valence-corrected chi connectivity index (χ2v) is 5.98. The maximum atomic E-state index is 6.06. The van der Waals surface area contributed by atoms with E-state index in [2.05, 4.69) is 26.7 Å². The summed E-state index contributed by atoms with van der Waals surface area (Å²) < 4.78 is 0. The molecule has 1 saturated heterocycles. The van der Waals surface area contributed by atoms with Gasteiger partial charge in [-0.15, -0.1) is 0 Å². The van der Waals surface area contributed by atoms with Gasteiger partial charge in [-0.1, -0.05) is 18.5 Å². The van der Waals surface area contributed by atoms with E-state index in [0.29, 0.717) is 0 Å². The Morgan fingerprint density at radius 3 is 2.90 bits per heavy atom. The predicted molar refractivity (Wildman–Crippen MR) is 88.1 cm³/mol. The topological polar surface area (TPSA) is 32.3 Å². The summed E-state index contributed by atoms with van der Waals surface area (Å²) in [5.41, 5.74) is 0.919. The Morgan fingerprint density at radius 2 is 2.05 bits per heavy atom. The van der Waals surface area contributed by atoms with Crippen LogP contribution in [0, 0.1) is 0 Å². The first-order valence-electron chi connectivity index (χ1n) is 7.65. The largest absolute Gasteiger partial charge is 0.355 e. The van der Waals surface area contributed by atoms with Crippen LogP contribution in [0.2, 0.25) is 5.02 Å². The van der Waals surface area contributed by atoms with Crippen LogP contribution in [0.4, 0.5) is 5.82 Å². The van der Waals surface area contributed by atoms with E-state index in [0.717, 1.165) is 41.4 Å². The summed E-state index contributed by atoms with van der Waals surface area (Å²) in [5.74, 6) is 1.04. The molecule has 1 aromatic heterocycles. The van der Waals surface area contributed by atoms with Gasteiger partial charge < -0.3 is 9.80 Å². The molecular formula is C16H21ClN4. The van der Waals surface area contributed by atoms with E-state index >= 15 is 0 Å². The van der Waals surface area contributed by atoms with Crippen molar-refractivity contribution in [2.24, 2.45) is 0 Å². The van der Waals surface area contributed by atoms with Crippen LogP contribution in [-0.2, 0) is 0 Å². The number of hydrogen-bond acceptors (Lipinski definition) is 4. The molecule has 4 nitrogen and oxygen atoms in total. The Hall–Kier alpha value is -1.39. The van der Waals surface area contributed by atoms with Crippen LogP contribution in [0.3, 0.4) is 0 Å². The monoisotopic (exact) mass is 304 g/mol. The highest BCUT2D eigenvalue weighted by atomic mass is 35.5. The summed E-state index contributed by atoms with van der Waals surface area (Å²) in [4.78, 5) is 13.8. The zero-order chi connectivity index (χ0) is 14.7. The molecule has 2 heterocycles. The van der Waals surface area contributed by atoms with E-state index in [1.807, 2.05) is 18.2 Å². The number of hydrogen-bond donors (Lipinski definition) is 0. The van der Waals surface area contributed by atoms with E-state index in [4.69, 9.17) is 11.6 Å². The second-order valence-electron chi connectivity index (χ2n) is 5.54. The van der Waals surface area contributed by atoms with Crippen LogP contribution in [0.1, 0.15) is 19.8 Å². The van der Waals surface area contributed by atoms with Gasteiger partial charge in [0.2, 0.25) is 0 Å². The Bertz CT molecular complexity index is 616. The molecular weight excluding hydrogens is 284 g/mol. The fraction of sp³-hybridized carbons (Fsp3) is 0.500. The van der Waals surface area contributed by atoms with Gasteiger partial charge in [-0.3, -0.25) is 0 Å². The van der Waals surface area contributed by atoms with E-state index < -0.39 is 0 Å². The normalized spacial score (nSPS) is 17.1. The molecule has 0 radical (unpaired) electrons. The molecule has 1 aromatic carbocycles. The van der Waals surface area contributed by atoms with Gasteiger partial charge in [0.05, 0.1) is 5.52 Å². The zero-order valence-corrected chi connectivity index (χ0v) is 13.2. The molecule has 0 aliphatic carbocycles. The SMILES string of the molecule is CCCN1CCCN(c2ncnc3cc(Cl)ccc23)CC1. The average molecular weight is 305 g/mol. The molecule has 3 rings (SSSR count). The average Bonchev–Trinajstić information content (AvgIpc) is 2.72. The van der Waals surface area contributed by atoms with Crippen molar-refractivity contribution in [3.05, 3.63) is 29.5 Å². The third kappa shape index (κ3) is 3.27. The molecule has 0 bridgehead atoms. The molecule has 21 heavy (non-hydrogen) atoms. The summed E-state index contributed by atoms with van der Waals surface area (Å²) in [6.45, 7) is 7.79. The summed E-state index contributed by atoms with van der Waals surface area (Å²) in [6, 6.07) is 5.85. The van der Waals surface area contributed by atoms with Gasteiger partial charge in [0.15, 0.2) is 0 Å².